The zero-order valence-electron chi connectivity index (χ0n) is 18.8. The molecule has 3 amide bonds. The molecule has 0 aliphatic carbocycles. The number of amides is 3. The minimum atomic E-state index is -1.27. The van der Waals surface area contributed by atoms with Crippen molar-refractivity contribution < 1.29 is 19.1 Å². The van der Waals surface area contributed by atoms with Crippen LogP contribution in [0.25, 0.3) is 0 Å². The third-order valence-electron chi connectivity index (χ3n) is 5.69. The van der Waals surface area contributed by atoms with Crippen molar-refractivity contribution in [2.45, 2.75) is 58.6 Å². The fourth-order valence-electron chi connectivity index (χ4n) is 3.87. The van der Waals surface area contributed by atoms with Crippen LogP contribution in [0.4, 0.5) is 10.5 Å². The van der Waals surface area contributed by atoms with E-state index in [0.717, 1.165) is 10.5 Å². The van der Waals surface area contributed by atoms with Crippen LogP contribution in [0.2, 0.25) is 0 Å². The number of ether oxygens (including phenoxy) is 1. The highest BCUT2D eigenvalue weighted by molar-refractivity contribution is 6.19. The van der Waals surface area contributed by atoms with Gasteiger partial charge in [0.05, 0.1) is 5.69 Å². The number of hydrogen-bond donors (Lipinski definition) is 1. The van der Waals surface area contributed by atoms with Crippen molar-refractivity contribution in [1.82, 2.24) is 5.32 Å². The standard InChI is InChI=1S/C25H30N2O4/c1-6-17(2)25(26-21(28)18-12-8-7-9-13-18)16-19-14-10-11-15-20(19)27(22(25)29)23(30)31-24(3,4)5/h7-15,17H,6,16H2,1-5H3,(H,26,28). The highest BCUT2D eigenvalue weighted by Gasteiger charge is 2.52. The SMILES string of the molecule is CCC(C)C1(NC(=O)c2ccccc2)Cc2ccccc2N(C(=O)OC(C)(C)C)C1=O. The van der Waals surface area contributed by atoms with E-state index in [4.69, 9.17) is 4.74 Å². The number of nitrogens with zero attached hydrogens (tertiary/aromatic N) is 1. The Hall–Kier alpha value is -3.15. The van der Waals surface area contributed by atoms with Gasteiger partial charge in [-0.25, -0.2) is 9.69 Å². The Labute approximate surface area is 183 Å². The minimum absolute atomic E-state index is 0.217. The summed E-state index contributed by atoms with van der Waals surface area (Å²) in [6, 6.07) is 16.0. The van der Waals surface area contributed by atoms with E-state index in [1.165, 1.54) is 0 Å². The Morgan fingerprint density at radius 3 is 2.32 bits per heavy atom. The normalized spacial score (nSPS) is 19.4. The van der Waals surface area contributed by atoms with Crippen LogP contribution in [-0.4, -0.2) is 29.0 Å². The molecule has 2 aromatic rings. The van der Waals surface area contributed by atoms with Gasteiger partial charge >= 0.3 is 6.09 Å². The van der Waals surface area contributed by atoms with Gasteiger partial charge in [-0.3, -0.25) is 9.59 Å². The average molecular weight is 423 g/mol. The summed E-state index contributed by atoms with van der Waals surface area (Å²) >= 11 is 0. The highest BCUT2D eigenvalue weighted by Crippen LogP contribution is 2.38. The third-order valence-corrected chi connectivity index (χ3v) is 5.69. The molecule has 0 radical (unpaired) electrons. The zero-order valence-corrected chi connectivity index (χ0v) is 18.8. The van der Waals surface area contributed by atoms with E-state index in [1.54, 1.807) is 57.2 Å². The van der Waals surface area contributed by atoms with Gasteiger partial charge in [0.15, 0.2) is 0 Å². The Balaban J connectivity index is 2.10. The lowest BCUT2D eigenvalue weighted by atomic mass is 9.74. The van der Waals surface area contributed by atoms with Gasteiger partial charge in [0.2, 0.25) is 0 Å². The number of imide groups is 1. The number of hydrogen-bond acceptors (Lipinski definition) is 4. The molecule has 1 heterocycles. The second-order valence-corrected chi connectivity index (χ2v) is 9.03. The molecule has 1 N–H and O–H groups in total. The number of para-hydroxylation sites is 1. The number of fused-ring (bicyclic) bond motifs is 1. The van der Waals surface area contributed by atoms with Gasteiger partial charge in [0, 0.05) is 12.0 Å². The van der Waals surface area contributed by atoms with Crippen LogP contribution in [0, 0.1) is 5.92 Å². The number of benzene rings is 2. The van der Waals surface area contributed by atoms with Gasteiger partial charge in [-0.2, -0.15) is 0 Å². The molecule has 0 spiro atoms. The van der Waals surface area contributed by atoms with E-state index in [2.05, 4.69) is 5.32 Å². The van der Waals surface area contributed by atoms with Gasteiger partial charge < -0.3 is 10.1 Å². The van der Waals surface area contributed by atoms with Crippen molar-refractivity contribution in [3.63, 3.8) is 0 Å². The highest BCUT2D eigenvalue weighted by atomic mass is 16.6. The van der Waals surface area contributed by atoms with Gasteiger partial charge in [-0.15, -0.1) is 0 Å². The fraction of sp³-hybridized carbons (Fsp3) is 0.400. The topological polar surface area (TPSA) is 75.7 Å². The smallest absolute Gasteiger partial charge is 0.421 e. The van der Waals surface area contributed by atoms with Crippen LogP contribution in [0.15, 0.2) is 54.6 Å². The summed E-state index contributed by atoms with van der Waals surface area (Å²) < 4.78 is 5.55. The summed E-state index contributed by atoms with van der Waals surface area (Å²) in [5.41, 5.74) is -0.278. The second kappa shape index (κ2) is 8.53. The molecule has 3 rings (SSSR count). The van der Waals surface area contributed by atoms with Crippen LogP contribution < -0.4 is 10.2 Å². The molecule has 0 bridgehead atoms. The maximum atomic E-state index is 13.9. The molecule has 2 aromatic carbocycles. The molecule has 0 fully saturated rings. The van der Waals surface area contributed by atoms with E-state index in [9.17, 15) is 14.4 Å². The first-order valence-corrected chi connectivity index (χ1v) is 10.6. The van der Waals surface area contributed by atoms with E-state index >= 15 is 0 Å². The Morgan fingerprint density at radius 2 is 1.71 bits per heavy atom. The number of carbonyl (C=O) groups is 3. The Kier molecular flexibility index (Phi) is 6.20. The van der Waals surface area contributed by atoms with Crippen molar-refractivity contribution in [2.24, 2.45) is 5.92 Å². The van der Waals surface area contributed by atoms with Crippen molar-refractivity contribution >= 4 is 23.6 Å². The molecule has 31 heavy (non-hydrogen) atoms. The molecule has 2 atom stereocenters. The molecule has 164 valence electrons. The summed E-state index contributed by atoms with van der Waals surface area (Å²) in [4.78, 5) is 41.2. The van der Waals surface area contributed by atoms with Crippen molar-refractivity contribution in [3.8, 4) is 0 Å². The third kappa shape index (κ3) is 4.48. The van der Waals surface area contributed by atoms with Gasteiger partial charge in [-0.1, -0.05) is 56.7 Å². The molecule has 1 aliphatic heterocycles. The van der Waals surface area contributed by atoms with Crippen molar-refractivity contribution in [2.75, 3.05) is 4.90 Å². The van der Waals surface area contributed by atoms with Crippen LogP contribution >= 0.6 is 0 Å². The van der Waals surface area contributed by atoms with E-state index in [0.29, 0.717) is 24.1 Å². The Morgan fingerprint density at radius 1 is 1.10 bits per heavy atom. The summed E-state index contributed by atoms with van der Waals surface area (Å²) in [5.74, 6) is -1.04. The quantitative estimate of drug-likeness (QED) is 0.773. The summed E-state index contributed by atoms with van der Waals surface area (Å²) in [6.07, 6.45) is 0.200. The zero-order chi connectivity index (χ0) is 22.8. The lowest BCUT2D eigenvalue weighted by molar-refractivity contribution is -0.127. The molecule has 0 saturated heterocycles. The first-order chi connectivity index (χ1) is 14.6. The summed E-state index contributed by atoms with van der Waals surface area (Å²) in [6.45, 7) is 9.15. The molecule has 1 aliphatic rings. The van der Waals surface area contributed by atoms with E-state index in [-0.39, 0.29) is 11.8 Å². The molecular weight excluding hydrogens is 392 g/mol. The minimum Gasteiger partial charge on any atom is -0.443 e. The lowest BCUT2D eigenvalue weighted by Gasteiger charge is -2.45. The molecule has 0 saturated carbocycles. The second-order valence-electron chi connectivity index (χ2n) is 9.03. The first kappa shape index (κ1) is 22.5. The summed E-state index contributed by atoms with van der Waals surface area (Å²) in [5, 5.41) is 3.00. The molecule has 6 nitrogen and oxygen atoms in total. The lowest BCUT2D eigenvalue weighted by Crippen LogP contribution is -2.67. The number of rotatable bonds is 4. The Bertz CT molecular complexity index is 981. The van der Waals surface area contributed by atoms with Crippen molar-refractivity contribution in [1.29, 1.82) is 0 Å². The van der Waals surface area contributed by atoms with Gasteiger partial charge in [0.25, 0.3) is 11.8 Å². The molecule has 2 unspecified atom stereocenters. The van der Waals surface area contributed by atoms with E-state index < -0.39 is 23.1 Å². The molecular formula is C25H30N2O4. The molecule has 0 aromatic heterocycles. The van der Waals surface area contributed by atoms with Crippen molar-refractivity contribution in [3.05, 3.63) is 65.7 Å². The van der Waals surface area contributed by atoms with Crippen LogP contribution in [0.3, 0.4) is 0 Å². The van der Waals surface area contributed by atoms with Crippen LogP contribution in [-0.2, 0) is 16.0 Å². The predicted molar refractivity (Wildman–Crippen MR) is 120 cm³/mol. The fourth-order valence-corrected chi connectivity index (χ4v) is 3.87. The van der Waals surface area contributed by atoms with Gasteiger partial charge in [0.1, 0.15) is 11.1 Å². The van der Waals surface area contributed by atoms with Crippen LogP contribution in [0.1, 0.15) is 57.0 Å². The predicted octanol–water partition coefficient (Wildman–Crippen LogP) is 4.73. The largest absolute Gasteiger partial charge is 0.443 e. The number of nitrogens with one attached hydrogen (secondary N) is 1. The maximum absolute atomic E-state index is 13.9. The monoisotopic (exact) mass is 422 g/mol. The first-order valence-electron chi connectivity index (χ1n) is 10.6. The average Bonchev–Trinajstić information content (AvgIpc) is 2.72. The molecule has 6 heteroatoms. The van der Waals surface area contributed by atoms with Gasteiger partial charge in [-0.05, 0) is 50.5 Å². The van der Waals surface area contributed by atoms with Crippen LogP contribution in [0.5, 0.6) is 0 Å². The van der Waals surface area contributed by atoms with E-state index in [1.807, 2.05) is 32.0 Å². The number of anilines is 1. The summed E-state index contributed by atoms with van der Waals surface area (Å²) in [7, 11) is 0. The maximum Gasteiger partial charge on any atom is 0.421 e. The number of carbonyl (C=O) groups excluding carboxylic acids is 3.